The Bertz CT molecular complexity index is 255. The number of amides is 1. The Balaban J connectivity index is 2.66. The lowest BCUT2D eigenvalue weighted by molar-refractivity contribution is -0.146. The van der Waals surface area contributed by atoms with Gasteiger partial charge in [-0.2, -0.15) is 0 Å². The number of hydrogen-bond donors (Lipinski definition) is 2. The van der Waals surface area contributed by atoms with Crippen molar-refractivity contribution in [1.82, 2.24) is 10.2 Å². The monoisotopic (exact) mass is 214 g/mol. The quantitative estimate of drug-likeness (QED) is 0.689. The van der Waals surface area contributed by atoms with E-state index in [1.165, 1.54) is 0 Å². The number of likely N-dealkylation sites (N-methyl/N-ethyl adjacent to an activating group) is 1. The number of carbonyl (C=O) groups excluding carboxylic acids is 1. The molecule has 0 bridgehead atoms. The van der Waals surface area contributed by atoms with Crippen molar-refractivity contribution in [1.29, 1.82) is 0 Å². The van der Waals surface area contributed by atoms with Crippen molar-refractivity contribution in [3.8, 4) is 0 Å². The van der Waals surface area contributed by atoms with Crippen LogP contribution in [0.15, 0.2) is 0 Å². The van der Waals surface area contributed by atoms with Crippen molar-refractivity contribution in [3.63, 3.8) is 0 Å². The highest BCUT2D eigenvalue weighted by Crippen LogP contribution is 2.17. The molecule has 1 rings (SSSR count). The summed E-state index contributed by atoms with van der Waals surface area (Å²) < 4.78 is 0. The topological polar surface area (TPSA) is 69.6 Å². The average Bonchev–Trinajstić information content (AvgIpc) is 2.27. The summed E-state index contributed by atoms with van der Waals surface area (Å²) >= 11 is 0. The third-order valence-corrected chi connectivity index (χ3v) is 2.86. The minimum atomic E-state index is -0.816. The summed E-state index contributed by atoms with van der Waals surface area (Å²) in [4.78, 5) is 24.1. The van der Waals surface area contributed by atoms with E-state index in [4.69, 9.17) is 5.11 Å². The normalized spacial score (nSPS) is 26.4. The van der Waals surface area contributed by atoms with Crippen molar-refractivity contribution in [3.05, 3.63) is 0 Å². The molecule has 1 heterocycles. The van der Waals surface area contributed by atoms with Crippen LogP contribution in [-0.4, -0.2) is 48.1 Å². The van der Waals surface area contributed by atoms with Crippen LogP contribution in [0.4, 0.5) is 0 Å². The van der Waals surface area contributed by atoms with Gasteiger partial charge in [-0.25, -0.2) is 0 Å². The Morgan fingerprint density at radius 2 is 2.13 bits per heavy atom. The number of hydrogen-bond acceptors (Lipinski definition) is 3. The molecule has 1 amide bonds. The maximum Gasteiger partial charge on any atom is 0.308 e. The molecule has 86 valence electrons. The van der Waals surface area contributed by atoms with Crippen LogP contribution in [0, 0.1) is 5.92 Å². The predicted molar refractivity (Wildman–Crippen MR) is 55.5 cm³/mol. The molecular formula is C10H18N2O3. The molecule has 1 saturated heterocycles. The number of nitrogens with one attached hydrogen (secondary N) is 1. The Morgan fingerprint density at radius 1 is 1.47 bits per heavy atom. The van der Waals surface area contributed by atoms with Crippen LogP contribution in [0.2, 0.25) is 0 Å². The smallest absolute Gasteiger partial charge is 0.308 e. The first kappa shape index (κ1) is 12.0. The largest absolute Gasteiger partial charge is 0.481 e. The highest BCUT2D eigenvalue weighted by molar-refractivity contribution is 5.77. The van der Waals surface area contributed by atoms with Gasteiger partial charge in [0.2, 0.25) is 5.91 Å². The minimum Gasteiger partial charge on any atom is -0.481 e. The van der Waals surface area contributed by atoms with E-state index >= 15 is 0 Å². The molecule has 0 radical (unpaired) electrons. The number of piperidine rings is 1. The van der Waals surface area contributed by atoms with E-state index in [0.717, 1.165) is 0 Å². The minimum absolute atomic E-state index is 0.0289. The molecule has 1 fully saturated rings. The fourth-order valence-corrected chi connectivity index (χ4v) is 1.91. The molecule has 5 heteroatoms. The second-order valence-electron chi connectivity index (χ2n) is 3.91. The Kier molecular flexibility index (Phi) is 4.08. The molecule has 2 N–H and O–H groups in total. The maximum absolute atomic E-state index is 11.5. The van der Waals surface area contributed by atoms with Gasteiger partial charge in [0.1, 0.15) is 0 Å². The van der Waals surface area contributed by atoms with E-state index in [9.17, 15) is 9.59 Å². The van der Waals surface area contributed by atoms with Gasteiger partial charge in [0.25, 0.3) is 0 Å². The van der Waals surface area contributed by atoms with Crippen LogP contribution >= 0.6 is 0 Å². The SMILES string of the molecule is CCC(=O)N1CC(NC)CC(C(=O)O)C1. The van der Waals surface area contributed by atoms with E-state index in [1.54, 1.807) is 18.9 Å². The van der Waals surface area contributed by atoms with Crippen molar-refractivity contribution >= 4 is 11.9 Å². The molecule has 0 saturated carbocycles. The van der Waals surface area contributed by atoms with Gasteiger partial charge >= 0.3 is 5.97 Å². The second kappa shape index (κ2) is 5.11. The van der Waals surface area contributed by atoms with Gasteiger partial charge < -0.3 is 15.3 Å². The molecule has 5 nitrogen and oxygen atoms in total. The van der Waals surface area contributed by atoms with Crippen LogP contribution in [0.1, 0.15) is 19.8 Å². The summed E-state index contributed by atoms with van der Waals surface area (Å²) in [5, 5.41) is 12.0. The van der Waals surface area contributed by atoms with E-state index < -0.39 is 11.9 Å². The van der Waals surface area contributed by atoms with Crippen LogP contribution in [0.5, 0.6) is 0 Å². The predicted octanol–water partition coefficient (Wildman–Crippen LogP) is -0.0825. The number of rotatable bonds is 3. The fourth-order valence-electron chi connectivity index (χ4n) is 1.91. The first-order valence-corrected chi connectivity index (χ1v) is 5.26. The highest BCUT2D eigenvalue weighted by Gasteiger charge is 2.32. The number of nitrogens with zero attached hydrogens (tertiary/aromatic N) is 1. The lowest BCUT2D eigenvalue weighted by Crippen LogP contribution is -2.51. The van der Waals surface area contributed by atoms with Crippen LogP contribution < -0.4 is 5.32 Å². The Morgan fingerprint density at radius 3 is 2.60 bits per heavy atom. The average molecular weight is 214 g/mol. The van der Waals surface area contributed by atoms with Gasteiger partial charge in [-0.05, 0) is 13.5 Å². The summed E-state index contributed by atoms with van der Waals surface area (Å²) in [6.45, 7) is 2.76. The summed E-state index contributed by atoms with van der Waals surface area (Å²) in [5.41, 5.74) is 0. The molecule has 0 aromatic heterocycles. The van der Waals surface area contributed by atoms with E-state index in [-0.39, 0.29) is 11.9 Å². The maximum atomic E-state index is 11.5. The van der Waals surface area contributed by atoms with Crippen molar-refractivity contribution in [2.24, 2.45) is 5.92 Å². The summed E-state index contributed by atoms with van der Waals surface area (Å²) in [7, 11) is 1.80. The summed E-state index contributed by atoms with van der Waals surface area (Å²) in [5.74, 6) is -1.23. The molecular weight excluding hydrogens is 196 g/mol. The van der Waals surface area contributed by atoms with Crippen molar-refractivity contribution in [2.75, 3.05) is 20.1 Å². The molecule has 0 spiro atoms. The van der Waals surface area contributed by atoms with E-state index in [0.29, 0.717) is 25.9 Å². The van der Waals surface area contributed by atoms with Gasteiger partial charge in [0.05, 0.1) is 5.92 Å². The zero-order chi connectivity index (χ0) is 11.4. The van der Waals surface area contributed by atoms with Crippen LogP contribution in [0.3, 0.4) is 0 Å². The number of carbonyl (C=O) groups is 2. The summed E-state index contributed by atoms with van der Waals surface area (Å²) in [6, 6.07) is 0.0929. The molecule has 1 aliphatic heterocycles. The zero-order valence-corrected chi connectivity index (χ0v) is 9.19. The third kappa shape index (κ3) is 2.92. The van der Waals surface area contributed by atoms with E-state index in [1.807, 2.05) is 0 Å². The van der Waals surface area contributed by atoms with E-state index in [2.05, 4.69) is 5.32 Å². The molecule has 15 heavy (non-hydrogen) atoms. The highest BCUT2D eigenvalue weighted by atomic mass is 16.4. The molecule has 0 aromatic rings. The number of carboxylic acid groups (broad SMARTS) is 1. The molecule has 1 aliphatic rings. The second-order valence-corrected chi connectivity index (χ2v) is 3.91. The molecule has 2 atom stereocenters. The van der Waals surface area contributed by atoms with Crippen molar-refractivity contribution < 1.29 is 14.7 Å². The van der Waals surface area contributed by atoms with Gasteiger partial charge in [-0.15, -0.1) is 0 Å². The first-order valence-electron chi connectivity index (χ1n) is 5.26. The lowest BCUT2D eigenvalue weighted by Gasteiger charge is -2.35. The fraction of sp³-hybridized carbons (Fsp3) is 0.800. The van der Waals surface area contributed by atoms with Gasteiger partial charge in [0, 0.05) is 25.6 Å². The van der Waals surface area contributed by atoms with Gasteiger partial charge in [-0.3, -0.25) is 9.59 Å². The summed E-state index contributed by atoms with van der Waals surface area (Å²) in [6.07, 6.45) is 1.03. The molecule has 2 unspecified atom stereocenters. The first-order chi connectivity index (χ1) is 7.08. The van der Waals surface area contributed by atoms with Crippen LogP contribution in [-0.2, 0) is 9.59 Å². The number of carboxylic acids is 1. The lowest BCUT2D eigenvalue weighted by atomic mass is 9.94. The molecule has 0 aliphatic carbocycles. The standard InChI is InChI=1S/C10H18N2O3/c1-3-9(13)12-5-7(10(14)15)4-8(6-12)11-2/h7-8,11H,3-6H2,1-2H3,(H,14,15). The number of aliphatic carboxylic acids is 1. The Labute approximate surface area is 89.4 Å². The molecule has 0 aromatic carbocycles. The van der Waals surface area contributed by atoms with Gasteiger partial charge in [0.15, 0.2) is 0 Å². The Hall–Kier alpha value is -1.10. The van der Waals surface area contributed by atoms with Gasteiger partial charge in [-0.1, -0.05) is 6.92 Å². The van der Waals surface area contributed by atoms with Crippen molar-refractivity contribution in [2.45, 2.75) is 25.8 Å². The van der Waals surface area contributed by atoms with Crippen LogP contribution in [0.25, 0.3) is 0 Å². The third-order valence-electron chi connectivity index (χ3n) is 2.86. The number of likely N-dealkylation sites (tertiary alicyclic amines) is 1. The zero-order valence-electron chi connectivity index (χ0n) is 9.19.